The largest absolute Gasteiger partial charge is 0.317 e. The van der Waals surface area contributed by atoms with Gasteiger partial charge in [-0.15, -0.1) is 0 Å². The Kier molecular flexibility index (Phi) is 4.19. The molecule has 0 amide bonds. The van der Waals surface area contributed by atoms with Crippen LogP contribution in [0.4, 0.5) is 0 Å². The molecule has 1 aliphatic carbocycles. The van der Waals surface area contributed by atoms with Crippen molar-refractivity contribution in [2.45, 2.75) is 38.1 Å². The molecule has 0 bridgehead atoms. The Morgan fingerprint density at radius 1 is 1.44 bits per heavy atom. The van der Waals surface area contributed by atoms with Crippen LogP contribution in [0.5, 0.6) is 0 Å². The average Bonchev–Trinajstić information content (AvgIpc) is 2.33. The van der Waals surface area contributed by atoms with Crippen LogP contribution >= 0.6 is 11.6 Å². The van der Waals surface area contributed by atoms with Crippen molar-refractivity contribution in [3.8, 4) is 0 Å². The number of nitrogens with zero attached hydrogens (tertiary/aromatic N) is 1. The number of rotatable bonds is 3. The Labute approximate surface area is 102 Å². The van der Waals surface area contributed by atoms with Gasteiger partial charge in [0.15, 0.2) is 0 Å². The summed E-state index contributed by atoms with van der Waals surface area (Å²) in [6, 6.07) is 2.70. The van der Waals surface area contributed by atoms with E-state index in [1.165, 1.54) is 31.2 Å². The van der Waals surface area contributed by atoms with Crippen LogP contribution in [-0.2, 0) is 6.42 Å². The lowest BCUT2D eigenvalue weighted by molar-refractivity contribution is 0.273. The van der Waals surface area contributed by atoms with Gasteiger partial charge < -0.3 is 5.32 Å². The summed E-state index contributed by atoms with van der Waals surface area (Å²) in [5.41, 5.74) is 1.24. The van der Waals surface area contributed by atoms with E-state index in [4.69, 9.17) is 11.6 Å². The van der Waals surface area contributed by atoms with Crippen LogP contribution in [0.2, 0.25) is 5.02 Å². The maximum Gasteiger partial charge on any atom is 0.0621 e. The van der Waals surface area contributed by atoms with Crippen molar-refractivity contribution < 1.29 is 0 Å². The Balaban J connectivity index is 2.05. The van der Waals surface area contributed by atoms with Crippen molar-refractivity contribution in [1.29, 1.82) is 0 Å². The van der Waals surface area contributed by atoms with Crippen LogP contribution in [-0.4, -0.2) is 18.1 Å². The third kappa shape index (κ3) is 2.74. The van der Waals surface area contributed by atoms with Gasteiger partial charge in [-0.05, 0) is 43.9 Å². The van der Waals surface area contributed by atoms with Gasteiger partial charge in [0.05, 0.1) is 5.02 Å². The maximum absolute atomic E-state index is 6.15. The molecule has 1 aliphatic rings. The zero-order chi connectivity index (χ0) is 11.4. The summed E-state index contributed by atoms with van der Waals surface area (Å²) in [6.07, 6.45) is 9.96. The lowest BCUT2D eigenvalue weighted by atomic mass is 9.81. The lowest BCUT2D eigenvalue weighted by Gasteiger charge is -2.31. The maximum atomic E-state index is 6.15. The van der Waals surface area contributed by atoms with Crippen molar-refractivity contribution in [1.82, 2.24) is 10.3 Å². The minimum Gasteiger partial charge on any atom is -0.317 e. The molecule has 1 saturated carbocycles. The van der Waals surface area contributed by atoms with Crippen molar-refractivity contribution in [3.63, 3.8) is 0 Å². The normalized spacial score (nSPS) is 25.6. The summed E-state index contributed by atoms with van der Waals surface area (Å²) in [6.45, 7) is 0. The Morgan fingerprint density at radius 2 is 2.25 bits per heavy atom. The summed E-state index contributed by atoms with van der Waals surface area (Å²) in [4.78, 5) is 4.03. The van der Waals surface area contributed by atoms with Gasteiger partial charge >= 0.3 is 0 Å². The molecule has 1 fully saturated rings. The second kappa shape index (κ2) is 5.65. The van der Waals surface area contributed by atoms with Crippen LogP contribution in [0.25, 0.3) is 0 Å². The molecule has 2 unspecified atom stereocenters. The standard InChI is InChI=1S/C13H19ClN2/c1-15-13-5-3-2-4-11(13)8-10-6-7-16-9-12(10)14/h6-7,9,11,13,15H,2-5,8H2,1H3. The molecule has 1 N–H and O–H groups in total. The monoisotopic (exact) mass is 238 g/mol. The zero-order valence-electron chi connectivity index (χ0n) is 9.75. The van der Waals surface area contributed by atoms with Gasteiger partial charge in [-0.25, -0.2) is 0 Å². The summed E-state index contributed by atoms with van der Waals surface area (Å²) < 4.78 is 0. The zero-order valence-corrected chi connectivity index (χ0v) is 10.5. The quantitative estimate of drug-likeness (QED) is 0.876. The number of hydrogen-bond donors (Lipinski definition) is 1. The minimum absolute atomic E-state index is 0.651. The molecule has 0 spiro atoms. The van der Waals surface area contributed by atoms with Crippen molar-refractivity contribution in [2.24, 2.45) is 5.92 Å². The molecule has 0 aromatic carbocycles. The first kappa shape index (κ1) is 11.9. The molecule has 0 radical (unpaired) electrons. The molecular formula is C13H19ClN2. The molecule has 16 heavy (non-hydrogen) atoms. The van der Waals surface area contributed by atoms with Gasteiger partial charge in [-0.3, -0.25) is 4.98 Å². The molecule has 1 aromatic rings. The predicted molar refractivity (Wildman–Crippen MR) is 67.8 cm³/mol. The molecule has 3 heteroatoms. The fraction of sp³-hybridized carbons (Fsp3) is 0.615. The second-order valence-electron chi connectivity index (χ2n) is 4.61. The Bertz CT molecular complexity index is 340. The van der Waals surface area contributed by atoms with Crippen LogP contribution < -0.4 is 5.32 Å². The van der Waals surface area contributed by atoms with Gasteiger partial charge in [-0.1, -0.05) is 24.4 Å². The third-order valence-electron chi connectivity index (χ3n) is 3.62. The third-order valence-corrected chi connectivity index (χ3v) is 3.96. The van der Waals surface area contributed by atoms with E-state index >= 15 is 0 Å². The molecule has 0 aliphatic heterocycles. The highest BCUT2D eigenvalue weighted by Gasteiger charge is 2.24. The second-order valence-corrected chi connectivity index (χ2v) is 5.02. The first-order valence-corrected chi connectivity index (χ1v) is 6.44. The van der Waals surface area contributed by atoms with Gasteiger partial charge in [-0.2, -0.15) is 0 Å². The van der Waals surface area contributed by atoms with E-state index in [-0.39, 0.29) is 0 Å². The molecule has 1 aromatic heterocycles. The Morgan fingerprint density at radius 3 is 3.00 bits per heavy atom. The number of hydrogen-bond acceptors (Lipinski definition) is 2. The van der Waals surface area contributed by atoms with E-state index in [0.717, 1.165) is 17.4 Å². The Hall–Kier alpha value is -0.600. The highest BCUT2D eigenvalue weighted by atomic mass is 35.5. The molecular weight excluding hydrogens is 220 g/mol. The topological polar surface area (TPSA) is 24.9 Å². The van der Waals surface area contributed by atoms with Crippen LogP contribution in [0.1, 0.15) is 31.2 Å². The summed E-state index contributed by atoms with van der Waals surface area (Å²) in [5.74, 6) is 0.721. The molecule has 2 rings (SSSR count). The summed E-state index contributed by atoms with van der Waals surface area (Å²) in [7, 11) is 2.07. The van der Waals surface area contributed by atoms with E-state index in [1.807, 2.05) is 12.3 Å². The average molecular weight is 239 g/mol. The number of nitrogens with one attached hydrogen (secondary N) is 1. The molecule has 2 atom stereocenters. The van der Waals surface area contributed by atoms with E-state index in [2.05, 4.69) is 17.3 Å². The predicted octanol–water partition coefficient (Wildman–Crippen LogP) is 3.06. The molecule has 2 nitrogen and oxygen atoms in total. The number of aromatic nitrogens is 1. The minimum atomic E-state index is 0.651. The molecule has 1 heterocycles. The SMILES string of the molecule is CNC1CCCCC1Cc1ccncc1Cl. The van der Waals surface area contributed by atoms with Crippen molar-refractivity contribution >= 4 is 11.6 Å². The first-order valence-electron chi connectivity index (χ1n) is 6.07. The highest BCUT2D eigenvalue weighted by Crippen LogP contribution is 2.29. The lowest BCUT2D eigenvalue weighted by Crippen LogP contribution is -2.37. The van der Waals surface area contributed by atoms with Crippen LogP contribution in [0, 0.1) is 5.92 Å². The smallest absolute Gasteiger partial charge is 0.0621 e. The van der Waals surface area contributed by atoms with Gasteiger partial charge in [0.1, 0.15) is 0 Å². The number of pyridine rings is 1. The fourth-order valence-corrected chi connectivity index (χ4v) is 2.88. The van der Waals surface area contributed by atoms with Crippen molar-refractivity contribution in [2.75, 3.05) is 7.05 Å². The van der Waals surface area contributed by atoms with E-state index in [9.17, 15) is 0 Å². The van der Waals surface area contributed by atoms with Crippen LogP contribution in [0.15, 0.2) is 18.5 Å². The van der Waals surface area contributed by atoms with Crippen molar-refractivity contribution in [3.05, 3.63) is 29.0 Å². The van der Waals surface area contributed by atoms with E-state index in [0.29, 0.717) is 6.04 Å². The van der Waals surface area contributed by atoms with Gasteiger partial charge in [0.2, 0.25) is 0 Å². The number of halogens is 1. The first-order chi connectivity index (χ1) is 7.81. The van der Waals surface area contributed by atoms with Crippen LogP contribution in [0.3, 0.4) is 0 Å². The van der Waals surface area contributed by atoms with E-state index < -0.39 is 0 Å². The molecule has 88 valence electrons. The van der Waals surface area contributed by atoms with E-state index in [1.54, 1.807) is 6.20 Å². The summed E-state index contributed by atoms with van der Waals surface area (Å²) in [5, 5.41) is 4.24. The molecule has 0 saturated heterocycles. The highest BCUT2D eigenvalue weighted by molar-refractivity contribution is 6.31. The summed E-state index contributed by atoms with van der Waals surface area (Å²) >= 11 is 6.15. The van der Waals surface area contributed by atoms with Gasteiger partial charge in [0, 0.05) is 18.4 Å². The van der Waals surface area contributed by atoms with Gasteiger partial charge in [0.25, 0.3) is 0 Å². The fourth-order valence-electron chi connectivity index (χ4n) is 2.68.